The number of oxazole rings is 1. The maximum atomic E-state index is 11.6. The van der Waals surface area contributed by atoms with Crippen LogP contribution in [0.1, 0.15) is 25.7 Å². The lowest BCUT2D eigenvalue weighted by Crippen LogP contribution is -2.26. The van der Waals surface area contributed by atoms with Gasteiger partial charge in [-0.25, -0.2) is 4.98 Å². The van der Waals surface area contributed by atoms with Crippen molar-refractivity contribution in [2.45, 2.75) is 32.3 Å². The molecule has 0 saturated carbocycles. The van der Waals surface area contributed by atoms with Crippen LogP contribution in [0.2, 0.25) is 0 Å². The Labute approximate surface area is 124 Å². The zero-order valence-corrected chi connectivity index (χ0v) is 12.1. The Balaban J connectivity index is 1.79. The minimum absolute atomic E-state index is 0.0601. The number of aliphatic hydroxyl groups excluding tert-OH is 1. The first kappa shape index (κ1) is 15.3. The molecule has 5 nitrogen and oxygen atoms in total. The molecule has 1 atom stereocenters. The van der Waals surface area contributed by atoms with Gasteiger partial charge >= 0.3 is 0 Å². The average molecular weight is 288 g/mol. The van der Waals surface area contributed by atoms with Gasteiger partial charge in [0.25, 0.3) is 0 Å². The Morgan fingerprint density at radius 3 is 2.86 bits per heavy atom. The highest BCUT2D eigenvalue weighted by molar-refractivity contribution is 5.76. The quantitative estimate of drug-likeness (QED) is 0.818. The van der Waals surface area contributed by atoms with Crippen LogP contribution in [0.4, 0.5) is 0 Å². The molecule has 1 amide bonds. The van der Waals surface area contributed by atoms with Crippen molar-refractivity contribution in [1.82, 2.24) is 10.3 Å². The second-order valence-electron chi connectivity index (χ2n) is 4.97. The van der Waals surface area contributed by atoms with E-state index < -0.39 is 6.10 Å². The number of hydrogen-bond acceptors (Lipinski definition) is 4. The van der Waals surface area contributed by atoms with E-state index in [2.05, 4.69) is 10.3 Å². The molecule has 5 heteroatoms. The number of hydrogen-bond donors (Lipinski definition) is 2. The predicted molar refractivity (Wildman–Crippen MR) is 79.6 cm³/mol. The first-order valence-electron chi connectivity index (χ1n) is 7.10. The van der Waals surface area contributed by atoms with E-state index >= 15 is 0 Å². The number of nitrogens with one attached hydrogen (secondary N) is 1. The van der Waals surface area contributed by atoms with Crippen molar-refractivity contribution in [3.63, 3.8) is 0 Å². The zero-order chi connectivity index (χ0) is 15.1. The van der Waals surface area contributed by atoms with Crippen LogP contribution in [0.25, 0.3) is 11.3 Å². The standard InChI is InChI=1S/C16H20N2O3/c1-12(19)9-10-17-15(20)7-8-16-18-11-14(21-16)13-5-3-2-4-6-13/h2-6,11-12,19H,7-10H2,1H3,(H,17,20). The second-order valence-corrected chi connectivity index (χ2v) is 4.97. The molecule has 0 aliphatic rings. The predicted octanol–water partition coefficient (Wildman–Crippen LogP) is 2.16. The van der Waals surface area contributed by atoms with Gasteiger partial charge in [0.1, 0.15) is 0 Å². The summed E-state index contributed by atoms with van der Waals surface area (Å²) >= 11 is 0. The maximum Gasteiger partial charge on any atom is 0.220 e. The van der Waals surface area contributed by atoms with Crippen molar-refractivity contribution in [1.29, 1.82) is 0 Å². The molecule has 0 bridgehead atoms. The number of carbonyl (C=O) groups excluding carboxylic acids is 1. The summed E-state index contributed by atoms with van der Waals surface area (Å²) in [5.41, 5.74) is 0.970. The normalized spacial score (nSPS) is 12.1. The summed E-state index contributed by atoms with van der Waals surface area (Å²) in [5, 5.41) is 11.9. The fraction of sp³-hybridized carbons (Fsp3) is 0.375. The molecule has 2 N–H and O–H groups in total. The van der Waals surface area contributed by atoms with Gasteiger partial charge < -0.3 is 14.8 Å². The molecule has 2 rings (SSSR count). The Morgan fingerprint density at radius 1 is 1.38 bits per heavy atom. The summed E-state index contributed by atoms with van der Waals surface area (Å²) in [6, 6.07) is 9.72. The van der Waals surface area contributed by atoms with Crippen LogP contribution in [-0.2, 0) is 11.2 Å². The Hall–Kier alpha value is -2.14. The van der Waals surface area contributed by atoms with Crippen molar-refractivity contribution in [3.8, 4) is 11.3 Å². The Kier molecular flexibility index (Phi) is 5.51. The molecule has 0 saturated heterocycles. The summed E-state index contributed by atoms with van der Waals surface area (Å²) in [7, 11) is 0. The van der Waals surface area contributed by atoms with Gasteiger partial charge in [-0.3, -0.25) is 4.79 Å². The van der Waals surface area contributed by atoms with E-state index in [0.29, 0.717) is 37.5 Å². The number of rotatable bonds is 7. The maximum absolute atomic E-state index is 11.6. The molecule has 1 unspecified atom stereocenters. The monoisotopic (exact) mass is 288 g/mol. The SMILES string of the molecule is CC(O)CCNC(=O)CCc1ncc(-c2ccccc2)o1. The van der Waals surface area contributed by atoms with Gasteiger partial charge in [-0.2, -0.15) is 0 Å². The highest BCUT2D eigenvalue weighted by atomic mass is 16.4. The first-order valence-corrected chi connectivity index (χ1v) is 7.10. The van der Waals surface area contributed by atoms with Gasteiger partial charge in [-0.05, 0) is 13.3 Å². The average Bonchev–Trinajstić information content (AvgIpc) is 2.94. The highest BCUT2D eigenvalue weighted by Gasteiger charge is 2.08. The zero-order valence-electron chi connectivity index (χ0n) is 12.1. The number of benzene rings is 1. The smallest absolute Gasteiger partial charge is 0.220 e. The van der Waals surface area contributed by atoms with Crippen molar-refractivity contribution in [2.75, 3.05) is 6.54 Å². The van der Waals surface area contributed by atoms with E-state index in [1.807, 2.05) is 30.3 Å². The minimum atomic E-state index is -0.398. The highest BCUT2D eigenvalue weighted by Crippen LogP contribution is 2.20. The summed E-state index contributed by atoms with van der Waals surface area (Å²) < 4.78 is 5.63. The number of carbonyl (C=O) groups is 1. The van der Waals surface area contributed by atoms with Crippen LogP contribution in [0.5, 0.6) is 0 Å². The van der Waals surface area contributed by atoms with Crippen LogP contribution < -0.4 is 5.32 Å². The molecular weight excluding hydrogens is 268 g/mol. The van der Waals surface area contributed by atoms with Gasteiger partial charge in [-0.1, -0.05) is 30.3 Å². The molecule has 0 radical (unpaired) electrons. The lowest BCUT2D eigenvalue weighted by molar-refractivity contribution is -0.121. The molecule has 2 aromatic rings. The van der Waals surface area contributed by atoms with Gasteiger partial charge in [0, 0.05) is 24.9 Å². The third kappa shape index (κ3) is 5.04. The number of aryl methyl sites for hydroxylation is 1. The van der Waals surface area contributed by atoms with E-state index in [4.69, 9.17) is 9.52 Å². The van der Waals surface area contributed by atoms with E-state index in [9.17, 15) is 4.79 Å². The Bertz CT molecular complexity index is 564. The van der Waals surface area contributed by atoms with Crippen LogP contribution in [0, 0.1) is 0 Å². The third-order valence-corrected chi connectivity index (χ3v) is 3.06. The van der Waals surface area contributed by atoms with Gasteiger partial charge in [0.15, 0.2) is 11.7 Å². The number of amides is 1. The van der Waals surface area contributed by atoms with Crippen LogP contribution in [-0.4, -0.2) is 28.6 Å². The summed E-state index contributed by atoms with van der Waals surface area (Å²) in [5.74, 6) is 1.20. The molecular formula is C16H20N2O3. The molecule has 0 aliphatic carbocycles. The summed E-state index contributed by atoms with van der Waals surface area (Å²) in [6.45, 7) is 2.18. The van der Waals surface area contributed by atoms with Gasteiger partial charge in [-0.15, -0.1) is 0 Å². The summed E-state index contributed by atoms with van der Waals surface area (Å²) in [4.78, 5) is 15.8. The number of aromatic nitrogens is 1. The number of nitrogens with zero attached hydrogens (tertiary/aromatic N) is 1. The molecule has 0 aliphatic heterocycles. The lowest BCUT2D eigenvalue weighted by atomic mass is 10.2. The van der Waals surface area contributed by atoms with E-state index in [0.717, 1.165) is 5.56 Å². The molecule has 21 heavy (non-hydrogen) atoms. The van der Waals surface area contributed by atoms with Gasteiger partial charge in [0.2, 0.25) is 5.91 Å². The van der Waals surface area contributed by atoms with E-state index in [1.54, 1.807) is 13.1 Å². The largest absolute Gasteiger partial charge is 0.441 e. The minimum Gasteiger partial charge on any atom is -0.441 e. The van der Waals surface area contributed by atoms with Crippen molar-refractivity contribution < 1.29 is 14.3 Å². The second kappa shape index (κ2) is 7.59. The van der Waals surface area contributed by atoms with Gasteiger partial charge in [0.05, 0.1) is 12.3 Å². The first-order chi connectivity index (χ1) is 10.1. The fourth-order valence-electron chi connectivity index (χ4n) is 1.89. The molecule has 0 spiro atoms. The Morgan fingerprint density at radius 2 is 2.14 bits per heavy atom. The van der Waals surface area contributed by atoms with Crippen LogP contribution >= 0.6 is 0 Å². The molecule has 112 valence electrons. The molecule has 1 aromatic heterocycles. The molecule has 1 heterocycles. The topological polar surface area (TPSA) is 75.4 Å². The fourth-order valence-corrected chi connectivity index (χ4v) is 1.89. The molecule has 0 fully saturated rings. The molecule has 1 aromatic carbocycles. The van der Waals surface area contributed by atoms with Crippen molar-refractivity contribution in [3.05, 3.63) is 42.4 Å². The summed E-state index contributed by atoms with van der Waals surface area (Å²) in [6.07, 6.45) is 2.63. The van der Waals surface area contributed by atoms with E-state index in [1.165, 1.54) is 0 Å². The lowest BCUT2D eigenvalue weighted by Gasteiger charge is -2.05. The van der Waals surface area contributed by atoms with Crippen molar-refractivity contribution >= 4 is 5.91 Å². The van der Waals surface area contributed by atoms with Crippen molar-refractivity contribution in [2.24, 2.45) is 0 Å². The van der Waals surface area contributed by atoms with Crippen LogP contribution in [0.15, 0.2) is 40.9 Å². The van der Waals surface area contributed by atoms with Crippen LogP contribution in [0.3, 0.4) is 0 Å². The third-order valence-electron chi connectivity index (χ3n) is 3.06. The van der Waals surface area contributed by atoms with E-state index in [-0.39, 0.29) is 5.91 Å². The number of aliphatic hydroxyl groups is 1.